The fraction of sp³-hybridized carbons (Fsp3) is 0.0769. The number of thiophene rings is 1. The Morgan fingerprint density at radius 2 is 2.10 bits per heavy atom. The number of hydrogen-bond donors (Lipinski definition) is 2. The Bertz CT molecular complexity index is 641. The number of benzene rings is 1. The van der Waals surface area contributed by atoms with Gasteiger partial charge in [0, 0.05) is 11.8 Å². The van der Waals surface area contributed by atoms with Gasteiger partial charge in [-0.1, -0.05) is 17.7 Å². The summed E-state index contributed by atoms with van der Waals surface area (Å²) in [4.78, 5) is 22.8. The number of rotatable bonds is 5. The Balaban J connectivity index is 2.04. The number of ether oxygens (including phenoxy) is 1. The summed E-state index contributed by atoms with van der Waals surface area (Å²) >= 11 is 6.94. The van der Waals surface area contributed by atoms with E-state index in [0.29, 0.717) is 20.7 Å². The molecule has 104 valence electrons. The molecule has 0 aliphatic heterocycles. The van der Waals surface area contributed by atoms with Gasteiger partial charge < -0.3 is 15.2 Å². The largest absolute Gasteiger partial charge is 0.482 e. The normalized spacial score (nSPS) is 10.1. The molecule has 20 heavy (non-hydrogen) atoms. The van der Waals surface area contributed by atoms with Crippen LogP contribution in [0.2, 0.25) is 4.34 Å². The molecule has 0 saturated carbocycles. The summed E-state index contributed by atoms with van der Waals surface area (Å²) in [6.45, 7) is -0.433. The highest BCUT2D eigenvalue weighted by Gasteiger charge is 2.09. The van der Waals surface area contributed by atoms with Crippen LogP contribution in [0.1, 0.15) is 9.67 Å². The Kier molecular flexibility index (Phi) is 4.60. The van der Waals surface area contributed by atoms with Crippen LogP contribution in [0.3, 0.4) is 0 Å². The van der Waals surface area contributed by atoms with E-state index < -0.39 is 12.6 Å². The molecular formula is C13H10ClNO4S. The van der Waals surface area contributed by atoms with Crippen molar-refractivity contribution in [2.24, 2.45) is 0 Å². The number of carbonyl (C=O) groups is 2. The number of aliphatic carboxylic acids is 1. The molecule has 0 aliphatic rings. The quantitative estimate of drug-likeness (QED) is 0.889. The molecule has 2 N–H and O–H groups in total. The third kappa shape index (κ3) is 3.97. The van der Waals surface area contributed by atoms with Crippen LogP contribution < -0.4 is 10.1 Å². The maximum absolute atomic E-state index is 11.9. The fourth-order valence-corrected chi connectivity index (χ4v) is 2.38. The van der Waals surface area contributed by atoms with Gasteiger partial charge in [0.1, 0.15) is 5.75 Å². The summed E-state index contributed by atoms with van der Waals surface area (Å²) < 4.78 is 5.57. The molecule has 1 aromatic carbocycles. The van der Waals surface area contributed by atoms with E-state index in [9.17, 15) is 9.59 Å². The molecular weight excluding hydrogens is 302 g/mol. The predicted molar refractivity (Wildman–Crippen MR) is 76.9 cm³/mol. The Morgan fingerprint density at radius 1 is 1.30 bits per heavy atom. The predicted octanol–water partition coefficient (Wildman–Crippen LogP) is 3.12. The van der Waals surface area contributed by atoms with Crippen molar-refractivity contribution in [1.29, 1.82) is 0 Å². The smallest absolute Gasteiger partial charge is 0.341 e. The third-order valence-electron chi connectivity index (χ3n) is 2.25. The first-order valence-corrected chi connectivity index (χ1v) is 6.75. The number of amides is 1. The number of carboxylic acids is 1. The SMILES string of the molecule is O=C(O)COc1cccc(NC(=O)c2ccc(Cl)s2)c1. The van der Waals surface area contributed by atoms with E-state index in [2.05, 4.69) is 5.32 Å². The van der Waals surface area contributed by atoms with Gasteiger partial charge in [-0.05, 0) is 24.3 Å². The van der Waals surface area contributed by atoms with Crippen molar-refractivity contribution in [1.82, 2.24) is 0 Å². The van der Waals surface area contributed by atoms with Gasteiger partial charge in [-0.2, -0.15) is 0 Å². The lowest BCUT2D eigenvalue weighted by atomic mass is 10.3. The summed E-state index contributed by atoms with van der Waals surface area (Å²) in [6, 6.07) is 9.78. The minimum atomic E-state index is -1.06. The van der Waals surface area contributed by atoms with Crippen molar-refractivity contribution in [2.45, 2.75) is 0 Å². The molecule has 1 aromatic heterocycles. The monoisotopic (exact) mass is 311 g/mol. The van der Waals surface area contributed by atoms with Crippen molar-refractivity contribution in [2.75, 3.05) is 11.9 Å². The van der Waals surface area contributed by atoms with Crippen LogP contribution in [0.15, 0.2) is 36.4 Å². The van der Waals surface area contributed by atoms with Gasteiger partial charge in [0.2, 0.25) is 0 Å². The zero-order chi connectivity index (χ0) is 14.5. The summed E-state index contributed by atoms with van der Waals surface area (Å²) in [7, 11) is 0. The molecule has 0 unspecified atom stereocenters. The molecule has 1 amide bonds. The van der Waals surface area contributed by atoms with Crippen molar-refractivity contribution >= 4 is 40.5 Å². The summed E-state index contributed by atoms with van der Waals surface area (Å²) in [5.74, 6) is -0.973. The molecule has 5 nitrogen and oxygen atoms in total. The van der Waals surface area contributed by atoms with Crippen LogP contribution in [-0.4, -0.2) is 23.6 Å². The highest BCUT2D eigenvalue weighted by atomic mass is 35.5. The van der Waals surface area contributed by atoms with E-state index >= 15 is 0 Å². The van der Waals surface area contributed by atoms with Gasteiger partial charge in [0.05, 0.1) is 9.21 Å². The highest BCUT2D eigenvalue weighted by molar-refractivity contribution is 7.18. The first kappa shape index (κ1) is 14.4. The lowest BCUT2D eigenvalue weighted by molar-refractivity contribution is -0.139. The molecule has 0 radical (unpaired) electrons. The van der Waals surface area contributed by atoms with E-state index in [1.54, 1.807) is 36.4 Å². The van der Waals surface area contributed by atoms with Gasteiger partial charge in [-0.25, -0.2) is 4.79 Å². The van der Waals surface area contributed by atoms with Crippen LogP contribution >= 0.6 is 22.9 Å². The van der Waals surface area contributed by atoms with Crippen molar-refractivity contribution < 1.29 is 19.4 Å². The Labute approximate surface area is 123 Å². The van der Waals surface area contributed by atoms with Gasteiger partial charge in [0.15, 0.2) is 6.61 Å². The molecule has 1 heterocycles. The number of halogens is 1. The fourth-order valence-electron chi connectivity index (χ4n) is 1.44. The Hall–Kier alpha value is -2.05. The van der Waals surface area contributed by atoms with Crippen molar-refractivity contribution in [3.8, 4) is 5.75 Å². The van der Waals surface area contributed by atoms with E-state index in [1.807, 2.05) is 0 Å². The lowest BCUT2D eigenvalue weighted by Crippen LogP contribution is -2.11. The van der Waals surface area contributed by atoms with Gasteiger partial charge in [-0.3, -0.25) is 4.79 Å². The van der Waals surface area contributed by atoms with Crippen LogP contribution in [-0.2, 0) is 4.79 Å². The second kappa shape index (κ2) is 6.40. The second-order valence-electron chi connectivity index (χ2n) is 3.77. The second-order valence-corrected chi connectivity index (χ2v) is 5.48. The number of nitrogens with one attached hydrogen (secondary N) is 1. The minimum Gasteiger partial charge on any atom is -0.482 e. The number of carbonyl (C=O) groups excluding carboxylic acids is 1. The molecule has 7 heteroatoms. The average molecular weight is 312 g/mol. The van der Waals surface area contributed by atoms with Gasteiger partial charge >= 0.3 is 5.97 Å². The van der Waals surface area contributed by atoms with E-state index in [-0.39, 0.29) is 5.91 Å². The maximum atomic E-state index is 11.9. The zero-order valence-electron chi connectivity index (χ0n) is 10.1. The minimum absolute atomic E-state index is 0.280. The molecule has 2 aromatic rings. The summed E-state index contributed by atoms with van der Waals surface area (Å²) in [5.41, 5.74) is 0.516. The molecule has 0 spiro atoms. The standard InChI is InChI=1S/C13H10ClNO4S/c14-11-5-4-10(20-11)13(18)15-8-2-1-3-9(6-8)19-7-12(16)17/h1-6H,7H2,(H,15,18)(H,16,17). The number of anilines is 1. The van der Waals surface area contributed by atoms with E-state index in [4.69, 9.17) is 21.4 Å². The highest BCUT2D eigenvalue weighted by Crippen LogP contribution is 2.23. The van der Waals surface area contributed by atoms with E-state index in [1.165, 1.54) is 11.3 Å². The summed E-state index contributed by atoms with van der Waals surface area (Å²) in [5, 5.41) is 11.2. The third-order valence-corrected chi connectivity index (χ3v) is 3.48. The average Bonchev–Trinajstić information content (AvgIpc) is 2.84. The first-order valence-electron chi connectivity index (χ1n) is 5.56. The molecule has 0 fully saturated rings. The number of carboxylic acid groups (broad SMARTS) is 1. The lowest BCUT2D eigenvalue weighted by Gasteiger charge is -2.07. The van der Waals surface area contributed by atoms with Crippen LogP contribution in [0, 0.1) is 0 Å². The molecule has 0 saturated heterocycles. The van der Waals surface area contributed by atoms with Crippen LogP contribution in [0.4, 0.5) is 5.69 Å². The van der Waals surface area contributed by atoms with Crippen molar-refractivity contribution in [3.05, 3.63) is 45.6 Å². The maximum Gasteiger partial charge on any atom is 0.341 e. The first-order chi connectivity index (χ1) is 9.54. The van der Waals surface area contributed by atoms with Crippen LogP contribution in [0.25, 0.3) is 0 Å². The molecule has 2 rings (SSSR count). The van der Waals surface area contributed by atoms with Gasteiger partial charge in [0.25, 0.3) is 5.91 Å². The summed E-state index contributed by atoms with van der Waals surface area (Å²) in [6.07, 6.45) is 0. The number of hydrogen-bond acceptors (Lipinski definition) is 4. The molecule has 0 atom stereocenters. The molecule has 0 bridgehead atoms. The van der Waals surface area contributed by atoms with E-state index in [0.717, 1.165) is 0 Å². The Morgan fingerprint density at radius 3 is 2.75 bits per heavy atom. The van der Waals surface area contributed by atoms with Crippen LogP contribution in [0.5, 0.6) is 5.75 Å². The van der Waals surface area contributed by atoms with Crippen molar-refractivity contribution in [3.63, 3.8) is 0 Å². The zero-order valence-corrected chi connectivity index (χ0v) is 11.7. The molecule has 0 aliphatic carbocycles. The van der Waals surface area contributed by atoms with Gasteiger partial charge in [-0.15, -0.1) is 11.3 Å². The topological polar surface area (TPSA) is 75.6 Å².